The Morgan fingerprint density at radius 2 is 1.71 bits per heavy atom. The molecule has 3 heterocycles. The van der Waals surface area contributed by atoms with E-state index in [9.17, 15) is 13.2 Å². The van der Waals surface area contributed by atoms with E-state index in [1.807, 2.05) is 30.3 Å². The standard InChI is InChI=1S/C25H33N5O3S2/c1-2-3-4-5-9-14-26-24-22(20-27-30(25(24)31)21-11-7-6-8-12-21)28-15-17-29(18-16-28)35(32,33)23-13-10-19-34-23/h6-8,10-13,19-20,26H,2-5,9,14-18H2,1H3. The second-order valence-electron chi connectivity index (χ2n) is 8.62. The molecule has 0 saturated carbocycles. The topological polar surface area (TPSA) is 87.5 Å². The molecular formula is C25H33N5O3S2. The third-order valence-electron chi connectivity index (χ3n) is 6.21. The van der Waals surface area contributed by atoms with Crippen molar-refractivity contribution in [2.24, 2.45) is 0 Å². The summed E-state index contributed by atoms with van der Waals surface area (Å²) in [6.07, 6.45) is 7.43. The summed E-state index contributed by atoms with van der Waals surface area (Å²) < 4.78 is 29.1. The third kappa shape index (κ3) is 5.94. The summed E-state index contributed by atoms with van der Waals surface area (Å²) in [5, 5.41) is 9.61. The molecular weight excluding hydrogens is 482 g/mol. The van der Waals surface area contributed by atoms with Crippen LogP contribution in [0.15, 0.2) is 63.0 Å². The molecule has 0 amide bonds. The monoisotopic (exact) mass is 515 g/mol. The van der Waals surface area contributed by atoms with Crippen LogP contribution in [0.2, 0.25) is 0 Å². The van der Waals surface area contributed by atoms with Crippen LogP contribution in [0.3, 0.4) is 0 Å². The van der Waals surface area contributed by atoms with Crippen molar-refractivity contribution in [3.8, 4) is 5.69 Å². The van der Waals surface area contributed by atoms with Crippen LogP contribution in [0.5, 0.6) is 0 Å². The number of aromatic nitrogens is 2. The molecule has 0 atom stereocenters. The zero-order chi connectivity index (χ0) is 24.7. The van der Waals surface area contributed by atoms with E-state index < -0.39 is 10.0 Å². The van der Waals surface area contributed by atoms with E-state index in [0.717, 1.165) is 18.5 Å². The Bertz CT molecular complexity index is 1240. The van der Waals surface area contributed by atoms with Crippen molar-refractivity contribution in [2.75, 3.05) is 42.9 Å². The molecule has 0 spiro atoms. The molecule has 1 saturated heterocycles. The van der Waals surface area contributed by atoms with Gasteiger partial charge in [0.2, 0.25) is 0 Å². The first-order valence-corrected chi connectivity index (χ1v) is 14.5. The van der Waals surface area contributed by atoms with Gasteiger partial charge in [0, 0.05) is 32.7 Å². The molecule has 188 valence electrons. The summed E-state index contributed by atoms with van der Waals surface area (Å²) in [6.45, 7) is 4.60. The highest BCUT2D eigenvalue weighted by atomic mass is 32.2. The minimum absolute atomic E-state index is 0.198. The van der Waals surface area contributed by atoms with Gasteiger partial charge < -0.3 is 10.2 Å². The van der Waals surface area contributed by atoms with Gasteiger partial charge in [-0.3, -0.25) is 4.79 Å². The predicted molar refractivity (Wildman–Crippen MR) is 142 cm³/mol. The Morgan fingerprint density at radius 3 is 2.40 bits per heavy atom. The van der Waals surface area contributed by atoms with E-state index in [1.54, 1.807) is 23.7 Å². The highest BCUT2D eigenvalue weighted by molar-refractivity contribution is 7.91. The van der Waals surface area contributed by atoms with Crippen molar-refractivity contribution >= 4 is 32.7 Å². The summed E-state index contributed by atoms with van der Waals surface area (Å²) in [4.78, 5) is 15.5. The van der Waals surface area contributed by atoms with Crippen LogP contribution in [0.25, 0.3) is 5.69 Å². The number of para-hydroxylation sites is 1. The van der Waals surface area contributed by atoms with Gasteiger partial charge >= 0.3 is 0 Å². The number of hydrogen-bond acceptors (Lipinski definition) is 7. The van der Waals surface area contributed by atoms with Crippen LogP contribution in [0, 0.1) is 0 Å². The lowest BCUT2D eigenvalue weighted by Crippen LogP contribution is -2.49. The highest BCUT2D eigenvalue weighted by Gasteiger charge is 2.30. The van der Waals surface area contributed by atoms with Gasteiger partial charge in [-0.25, -0.2) is 8.42 Å². The van der Waals surface area contributed by atoms with Gasteiger partial charge in [-0.15, -0.1) is 11.3 Å². The fourth-order valence-corrected chi connectivity index (χ4v) is 6.82. The first kappa shape index (κ1) is 25.4. The van der Waals surface area contributed by atoms with Gasteiger partial charge in [0.05, 0.1) is 17.6 Å². The van der Waals surface area contributed by atoms with Gasteiger partial charge in [0.1, 0.15) is 9.90 Å². The van der Waals surface area contributed by atoms with E-state index in [2.05, 4.69) is 22.2 Å². The number of thiophene rings is 1. The third-order valence-corrected chi connectivity index (χ3v) is 9.48. The molecule has 0 unspecified atom stereocenters. The summed E-state index contributed by atoms with van der Waals surface area (Å²) >= 11 is 1.23. The van der Waals surface area contributed by atoms with Crippen LogP contribution in [0.1, 0.15) is 39.0 Å². The predicted octanol–water partition coefficient (Wildman–Crippen LogP) is 4.19. The number of nitrogens with zero attached hydrogens (tertiary/aromatic N) is 4. The molecule has 1 aliphatic rings. The first-order chi connectivity index (χ1) is 17.0. The maximum atomic E-state index is 13.5. The van der Waals surface area contributed by atoms with E-state index in [-0.39, 0.29) is 5.56 Å². The zero-order valence-electron chi connectivity index (χ0n) is 20.1. The van der Waals surface area contributed by atoms with Crippen LogP contribution in [0.4, 0.5) is 11.4 Å². The lowest BCUT2D eigenvalue weighted by Gasteiger charge is -2.35. The largest absolute Gasteiger partial charge is 0.379 e. The SMILES string of the molecule is CCCCCCCNc1c(N2CCN(S(=O)(=O)c3cccs3)CC2)cnn(-c2ccccc2)c1=O. The van der Waals surface area contributed by atoms with E-state index >= 15 is 0 Å². The van der Waals surface area contributed by atoms with Crippen LogP contribution >= 0.6 is 11.3 Å². The number of anilines is 2. The van der Waals surface area contributed by atoms with Gasteiger partial charge in [0.15, 0.2) is 0 Å². The smallest absolute Gasteiger partial charge is 0.296 e. The normalized spacial score (nSPS) is 14.8. The van der Waals surface area contributed by atoms with Crippen LogP contribution in [-0.4, -0.2) is 55.2 Å². The summed E-state index contributed by atoms with van der Waals surface area (Å²) in [5.74, 6) is 0. The van der Waals surface area contributed by atoms with Crippen molar-refractivity contribution < 1.29 is 8.42 Å². The number of unbranched alkanes of at least 4 members (excludes halogenated alkanes) is 4. The Labute approximate surface area is 211 Å². The summed E-state index contributed by atoms with van der Waals surface area (Å²) in [6, 6.07) is 12.8. The Kier molecular flexibility index (Phi) is 8.59. The molecule has 0 bridgehead atoms. The van der Waals surface area contributed by atoms with Crippen molar-refractivity contribution in [3.05, 3.63) is 64.4 Å². The highest BCUT2D eigenvalue weighted by Crippen LogP contribution is 2.27. The minimum Gasteiger partial charge on any atom is -0.379 e. The van der Waals surface area contributed by atoms with Crippen LogP contribution in [-0.2, 0) is 10.0 Å². The molecule has 10 heteroatoms. The van der Waals surface area contributed by atoms with E-state index in [1.165, 1.54) is 39.6 Å². The Balaban J connectivity index is 1.53. The molecule has 1 aromatic carbocycles. The van der Waals surface area contributed by atoms with Gasteiger partial charge in [0.25, 0.3) is 15.6 Å². The van der Waals surface area contributed by atoms with E-state index in [0.29, 0.717) is 48.3 Å². The van der Waals surface area contributed by atoms with Gasteiger partial charge in [-0.05, 0) is 30.0 Å². The number of benzene rings is 1. The molecule has 1 N–H and O–H groups in total. The molecule has 3 aromatic rings. The average Bonchev–Trinajstić information content (AvgIpc) is 3.44. The molecule has 1 fully saturated rings. The van der Waals surface area contributed by atoms with E-state index in [4.69, 9.17) is 0 Å². The maximum absolute atomic E-state index is 13.5. The van der Waals surface area contributed by atoms with Crippen molar-refractivity contribution in [2.45, 2.75) is 43.2 Å². The van der Waals surface area contributed by atoms with Crippen molar-refractivity contribution in [1.82, 2.24) is 14.1 Å². The van der Waals surface area contributed by atoms with Crippen LogP contribution < -0.4 is 15.8 Å². The number of piperazine rings is 1. The molecule has 0 radical (unpaired) electrons. The van der Waals surface area contributed by atoms with Crippen molar-refractivity contribution in [3.63, 3.8) is 0 Å². The Morgan fingerprint density at radius 1 is 0.971 bits per heavy atom. The summed E-state index contributed by atoms with van der Waals surface area (Å²) in [5.41, 5.74) is 1.76. The number of nitrogens with one attached hydrogen (secondary N) is 1. The quantitative estimate of drug-likeness (QED) is 0.386. The fraction of sp³-hybridized carbons (Fsp3) is 0.440. The lowest BCUT2D eigenvalue weighted by molar-refractivity contribution is 0.385. The summed E-state index contributed by atoms with van der Waals surface area (Å²) in [7, 11) is -3.48. The first-order valence-electron chi connectivity index (χ1n) is 12.2. The minimum atomic E-state index is -3.48. The Hall–Kier alpha value is -2.69. The second-order valence-corrected chi connectivity index (χ2v) is 11.7. The molecule has 2 aromatic heterocycles. The number of sulfonamides is 1. The molecule has 1 aliphatic heterocycles. The number of rotatable bonds is 11. The molecule has 0 aliphatic carbocycles. The fourth-order valence-electron chi connectivity index (χ4n) is 4.25. The number of hydrogen-bond donors (Lipinski definition) is 1. The maximum Gasteiger partial charge on any atom is 0.296 e. The average molecular weight is 516 g/mol. The van der Waals surface area contributed by atoms with Gasteiger partial charge in [-0.1, -0.05) is 56.9 Å². The van der Waals surface area contributed by atoms with Crippen molar-refractivity contribution in [1.29, 1.82) is 0 Å². The zero-order valence-corrected chi connectivity index (χ0v) is 21.7. The second kappa shape index (κ2) is 11.8. The molecule has 4 rings (SSSR count). The molecule has 8 nitrogen and oxygen atoms in total. The molecule has 35 heavy (non-hydrogen) atoms. The van der Waals surface area contributed by atoms with Gasteiger partial charge in [-0.2, -0.15) is 14.1 Å². The lowest BCUT2D eigenvalue weighted by atomic mass is 10.1.